The van der Waals surface area contributed by atoms with Gasteiger partial charge in [0.15, 0.2) is 0 Å². The van der Waals surface area contributed by atoms with Crippen LogP contribution < -0.4 is 4.90 Å². The van der Waals surface area contributed by atoms with Gasteiger partial charge in [0.25, 0.3) is 0 Å². The normalized spacial score (nSPS) is 24.2. The second kappa shape index (κ2) is 5.64. The summed E-state index contributed by atoms with van der Waals surface area (Å²) in [7, 11) is 4.53. The highest BCUT2D eigenvalue weighted by atomic mass is 32.2. The van der Waals surface area contributed by atoms with Crippen LogP contribution in [0.15, 0.2) is 58.3 Å². The first-order valence-corrected chi connectivity index (χ1v) is 8.83. The van der Waals surface area contributed by atoms with Gasteiger partial charge in [0.1, 0.15) is 0 Å². The number of likely N-dealkylation sites (tertiary alicyclic amines) is 1. The maximum absolute atomic E-state index is 2.54. The number of anilines is 1. The number of hydrogen-bond donors (Lipinski definition) is 0. The Hall–Kier alpha value is -1.45. The molecule has 2 aliphatic heterocycles. The van der Waals surface area contributed by atoms with Gasteiger partial charge in [0.2, 0.25) is 0 Å². The number of likely N-dealkylation sites (N-methyl/N-ethyl adjacent to an activating group) is 2. The smallest absolute Gasteiger partial charge is 0.0544 e. The minimum absolute atomic E-state index is 0.662. The summed E-state index contributed by atoms with van der Waals surface area (Å²) < 4.78 is 0. The van der Waals surface area contributed by atoms with Crippen LogP contribution in [0.5, 0.6) is 0 Å². The standard InChI is InChI=1S/C19H22N2S/c1-20-12-11-17-16(13-20)15-9-6-10-18(19(15)21(17)2)22-14-7-4-3-5-8-14/h3-10,16-17H,11-13H2,1-2H3/t16?,17-/m0/s1. The molecule has 2 heterocycles. The van der Waals surface area contributed by atoms with E-state index < -0.39 is 0 Å². The Morgan fingerprint density at radius 3 is 2.64 bits per heavy atom. The van der Waals surface area contributed by atoms with E-state index in [0.29, 0.717) is 12.0 Å². The van der Waals surface area contributed by atoms with Gasteiger partial charge in [0, 0.05) is 35.3 Å². The molecule has 22 heavy (non-hydrogen) atoms. The lowest BCUT2D eigenvalue weighted by Crippen LogP contribution is -2.43. The van der Waals surface area contributed by atoms with Crippen molar-refractivity contribution in [3.05, 3.63) is 54.1 Å². The lowest BCUT2D eigenvalue weighted by Gasteiger charge is -2.35. The predicted molar refractivity (Wildman–Crippen MR) is 94.1 cm³/mol. The van der Waals surface area contributed by atoms with E-state index in [9.17, 15) is 0 Å². The van der Waals surface area contributed by atoms with Crippen molar-refractivity contribution < 1.29 is 0 Å². The molecule has 2 aromatic rings. The molecule has 2 atom stereocenters. The van der Waals surface area contributed by atoms with E-state index in [1.165, 1.54) is 35.0 Å². The topological polar surface area (TPSA) is 6.48 Å². The highest BCUT2D eigenvalue weighted by molar-refractivity contribution is 7.99. The summed E-state index contributed by atoms with van der Waals surface area (Å²) in [5.74, 6) is 0.662. The average molecular weight is 310 g/mol. The highest BCUT2D eigenvalue weighted by Crippen LogP contribution is 2.48. The van der Waals surface area contributed by atoms with E-state index in [-0.39, 0.29) is 0 Å². The van der Waals surface area contributed by atoms with E-state index in [4.69, 9.17) is 0 Å². The lowest BCUT2D eigenvalue weighted by atomic mass is 9.89. The zero-order chi connectivity index (χ0) is 15.1. The van der Waals surface area contributed by atoms with Crippen LogP contribution >= 0.6 is 11.8 Å². The Morgan fingerprint density at radius 1 is 1.00 bits per heavy atom. The third-order valence-electron chi connectivity index (χ3n) is 5.03. The summed E-state index contributed by atoms with van der Waals surface area (Å²) in [6.07, 6.45) is 1.27. The Bertz CT molecular complexity index is 670. The molecular weight excluding hydrogens is 288 g/mol. The van der Waals surface area contributed by atoms with Gasteiger partial charge in [-0.3, -0.25) is 0 Å². The molecule has 0 radical (unpaired) electrons. The molecular formula is C19H22N2S. The molecule has 0 spiro atoms. The lowest BCUT2D eigenvalue weighted by molar-refractivity contribution is 0.234. The van der Waals surface area contributed by atoms with Crippen LogP contribution in [0.25, 0.3) is 0 Å². The van der Waals surface area contributed by atoms with Gasteiger partial charge in [-0.05, 0) is 43.8 Å². The van der Waals surface area contributed by atoms with Crippen molar-refractivity contribution in [2.75, 3.05) is 32.1 Å². The van der Waals surface area contributed by atoms with Gasteiger partial charge in [-0.1, -0.05) is 42.1 Å². The fraction of sp³-hybridized carbons (Fsp3) is 0.368. The molecule has 0 N–H and O–H groups in total. The van der Waals surface area contributed by atoms with Crippen molar-refractivity contribution in [2.24, 2.45) is 0 Å². The van der Waals surface area contributed by atoms with Crippen molar-refractivity contribution in [3.63, 3.8) is 0 Å². The van der Waals surface area contributed by atoms with Crippen LogP contribution in [0, 0.1) is 0 Å². The van der Waals surface area contributed by atoms with Crippen LogP contribution in [0.4, 0.5) is 5.69 Å². The summed E-state index contributed by atoms with van der Waals surface area (Å²) in [6, 6.07) is 18.2. The highest BCUT2D eigenvalue weighted by Gasteiger charge is 2.40. The van der Waals surface area contributed by atoms with Crippen molar-refractivity contribution in [1.29, 1.82) is 0 Å². The van der Waals surface area contributed by atoms with Gasteiger partial charge in [-0.15, -0.1) is 0 Å². The minimum Gasteiger partial charge on any atom is -0.370 e. The SMILES string of the molecule is CN1CC[C@H]2C(C1)c1cccc(Sc3ccccc3)c1N2C. The van der Waals surface area contributed by atoms with Crippen molar-refractivity contribution in [1.82, 2.24) is 4.90 Å². The molecule has 0 amide bonds. The van der Waals surface area contributed by atoms with E-state index >= 15 is 0 Å². The van der Waals surface area contributed by atoms with Crippen LogP contribution in [-0.4, -0.2) is 38.1 Å². The molecule has 1 fully saturated rings. The molecule has 0 bridgehead atoms. The molecule has 2 aromatic carbocycles. The van der Waals surface area contributed by atoms with Gasteiger partial charge >= 0.3 is 0 Å². The molecule has 3 heteroatoms. The summed E-state index contributed by atoms with van der Waals surface area (Å²) >= 11 is 1.89. The third-order valence-corrected chi connectivity index (χ3v) is 6.09. The molecule has 114 valence electrons. The van der Waals surface area contributed by atoms with Gasteiger partial charge in [-0.2, -0.15) is 0 Å². The summed E-state index contributed by atoms with van der Waals surface area (Å²) in [5, 5.41) is 0. The van der Waals surface area contributed by atoms with E-state index in [1.807, 2.05) is 11.8 Å². The van der Waals surface area contributed by atoms with Crippen LogP contribution in [0.3, 0.4) is 0 Å². The zero-order valence-electron chi connectivity index (χ0n) is 13.2. The largest absolute Gasteiger partial charge is 0.370 e. The molecule has 2 nitrogen and oxygen atoms in total. The molecule has 4 rings (SSSR count). The van der Waals surface area contributed by atoms with Crippen LogP contribution in [-0.2, 0) is 0 Å². The number of hydrogen-bond acceptors (Lipinski definition) is 3. The fourth-order valence-corrected chi connectivity index (χ4v) is 5.00. The first-order chi connectivity index (χ1) is 10.7. The zero-order valence-corrected chi connectivity index (χ0v) is 14.0. The number of nitrogens with zero attached hydrogens (tertiary/aromatic N) is 2. The fourth-order valence-electron chi connectivity index (χ4n) is 3.95. The number of piperidine rings is 1. The molecule has 1 saturated heterocycles. The summed E-state index contributed by atoms with van der Waals surface area (Å²) in [4.78, 5) is 7.72. The monoisotopic (exact) mass is 310 g/mol. The second-order valence-electron chi connectivity index (χ2n) is 6.44. The summed E-state index contributed by atoms with van der Waals surface area (Å²) in [5.41, 5.74) is 3.00. The number of para-hydroxylation sites is 1. The first-order valence-electron chi connectivity index (χ1n) is 8.01. The van der Waals surface area contributed by atoms with Gasteiger partial charge in [-0.25, -0.2) is 0 Å². The Balaban J connectivity index is 1.72. The Morgan fingerprint density at radius 2 is 1.82 bits per heavy atom. The molecule has 1 unspecified atom stereocenters. The molecule has 0 saturated carbocycles. The average Bonchev–Trinajstić information content (AvgIpc) is 2.82. The van der Waals surface area contributed by atoms with Crippen molar-refractivity contribution in [2.45, 2.75) is 28.2 Å². The third kappa shape index (κ3) is 2.33. The molecule has 0 aliphatic carbocycles. The van der Waals surface area contributed by atoms with E-state index in [1.54, 1.807) is 5.56 Å². The van der Waals surface area contributed by atoms with Crippen LogP contribution in [0.1, 0.15) is 17.9 Å². The summed E-state index contributed by atoms with van der Waals surface area (Å²) in [6.45, 7) is 2.39. The van der Waals surface area contributed by atoms with E-state index in [2.05, 4.69) is 72.4 Å². The quantitative estimate of drug-likeness (QED) is 0.825. The molecule has 0 aromatic heterocycles. The minimum atomic E-state index is 0.662. The molecule has 2 aliphatic rings. The van der Waals surface area contributed by atoms with Gasteiger partial charge in [0.05, 0.1) is 5.69 Å². The van der Waals surface area contributed by atoms with Crippen LogP contribution in [0.2, 0.25) is 0 Å². The maximum atomic E-state index is 2.54. The maximum Gasteiger partial charge on any atom is 0.0544 e. The first kappa shape index (κ1) is 14.2. The number of fused-ring (bicyclic) bond motifs is 3. The number of rotatable bonds is 2. The van der Waals surface area contributed by atoms with Crippen molar-refractivity contribution >= 4 is 17.4 Å². The Kier molecular flexibility index (Phi) is 3.63. The second-order valence-corrected chi connectivity index (χ2v) is 7.56. The number of benzene rings is 2. The Labute approximate surface area is 137 Å². The predicted octanol–water partition coefficient (Wildman–Crippen LogP) is 4.08. The van der Waals surface area contributed by atoms with Gasteiger partial charge < -0.3 is 9.80 Å². The van der Waals surface area contributed by atoms with E-state index in [0.717, 1.165) is 0 Å². The van der Waals surface area contributed by atoms with Crippen molar-refractivity contribution in [3.8, 4) is 0 Å².